The second-order valence-electron chi connectivity index (χ2n) is 5.43. The van der Waals surface area contributed by atoms with Crippen LogP contribution in [0, 0.1) is 5.82 Å². The predicted molar refractivity (Wildman–Crippen MR) is 82.9 cm³/mol. The second-order valence-corrected chi connectivity index (χ2v) is 7.52. The van der Waals surface area contributed by atoms with Crippen molar-refractivity contribution in [2.75, 3.05) is 43.4 Å². The van der Waals surface area contributed by atoms with E-state index in [1.807, 2.05) is 13.8 Å². The van der Waals surface area contributed by atoms with Crippen LogP contribution in [-0.4, -0.2) is 62.3 Å². The van der Waals surface area contributed by atoms with E-state index in [1.54, 1.807) is 4.90 Å². The summed E-state index contributed by atoms with van der Waals surface area (Å²) in [6, 6.07) is 2.89. The number of nitrogens with zero attached hydrogens (tertiary/aromatic N) is 3. The van der Waals surface area contributed by atoms with Crippen LogP contribution in [0.2, 0.25) is 0 Å². The van der Waals surface area contributed by atoms with Gasteiger partial charge in [0.15, 0.2) is 11.6 Å². The fourth-order valence-corrected chi connectivity index (χ4v) is 3.59. The summed E-state index contributed by atoms with van der Waals surface area (Å²) in [7, 11) is -3.33. The van der Waals surface area contributed by atoms with Crippen molar-refractivity contribution in [3.05, 3.63) is 24.1 Å². The highest BCUT2D eigenvalue weighted by Gasteiger charge is 2.28. The van der Waals surface area contributed by atoms with Crippen LogP contribution in [0.4, 0.5) is 10.2 Å². The number of hydrogen-bond acceptors (Lipinski definition) is 5. The molecule has 1 aromatic heterocycles. The average Bonchev–Trinajstić information content (AvgIpc) is 2.47. The zero-order valence-electron chi connectivity index (χ0n) is 12.9. The van der Waals surface area contributed by atoms with Gasteiger partial charge in [-0.3, -0.25) is 0 Å². The summed E-state index contributed by atoms with van der Waals surface area (Å²) >= 11 is 0. The van der Waals surface area contributed by atoms with E-state index >= 15 is 0 Å². The molecule has 0 spiro atoms. The zero-order valence-corrected chi connectivity index (χ0v) is 13.7. The number of hydrogen-bond donors (Lipinski definition) is 0. The first kappa shape index (κ1) is 17.1. The Labute approximate surface area is 130 Å². The fraction of sp³-hybridized carbons (Fsp3) is 0.643. The summed E-state index contributed by atoms with van der Waals surface area (Å²) in [5, 5.41) is 0. The third-order valence-corrected chi connectivity index (χ3v) is 5.30. The molecule has 0 amide bonds. The van der Waals surface area contributed by atoms with E-state index in [0.29, 0.717) is 26.2 Å². The Bertz CT molecular complexity index is 587. The van der Waals surface area contributed by atoms with Crippen LogP contribution >= 0.6 is 0 Å². The topological polar surface area (TPSA) is 62.7 Å². The lowest BCUT2D eigenvalue weighted by molar-refractivity contribution is 0.0906. The van der Waals surface area contributed by atoms with Gasteiger partial charge >= 0.3 is 0 Å². The highest BCUT2D eigenvalue weighted by Crippen LogP contribution is 2.18. The largest absolute Gasteiger partial charge is 0.378 e. The summed E-state index contributed by atoms with van der Waals surface area (Å²) in [6.45, 7) is 5.45. The van der Waals surface area contributed by atoms with Crippen molar-refractivity contribution in [1.29, 1.82) is 0 Å². The second kappa shape index (κ2) is 7.34. The molecule has 0 atom stereocenters. The molecule has 0 radical (unpaired) electrons. The minimum absolute atomic E-state index is 0.0131. The number of aromatic nitrogens is 1. The Kier molecular flexibility index (Phi) is 5.71. The van der Waals surface area contributed by atoms with Gasteiger partial charge in [-0.15, -0.1) is 0 Å². The van der Waals surface area contributed by atoms with Crippen molar-refractivity contribution in [3.63, 3.8) is 0 Å². The van der Waals surface area contributed by atoms with E-state index < -0.39 is 10.0 Å². The maximum atomic E-state index is 13.7. The molecule has 0 saturated carbocycles. The Balaban J connectivity index is 1.90. The molecule has 2 rings (SSSR count). The lowest BCUT2D eigenvalue weighted by Gasteiger charge is -2.34. The third-order valence-electron chi connectivity index (χ3n) is 3.46. The molecule has 0 unspecified atom stereocenters. The Morgan fingerprint density at radius 3 is 2.59 bits per heavy atom. The number of halogens is 1. The van der Waals surface area contributed by atoms with Gasteiger partial charge in [0.1, 0.15) is 0 Å². The SMILES string of the molecule is CC(C)OCCS(=O)(=O)N1CCN(c2ncccc2F)CC1. The van der Waals surface area contributed by atoms with E-state index in [0.717, 1.165) is 0 Å². The molecule has 124 valence electrons. The highest BCUT2D eigenvalue weighted by molar-refractivity contribution is 7.89. The number of rotatable bonds is 6. The first-order valence-corrected chi connectivity index (χ1v) is 8.96. The number of sulfonamides is 1. The molecule has 0 N–H and O–H groups in total. The fourth-order valence-electron chi connectivity index (χ4n) is 2.31. The molecule has 22 heavy (non-hydrogen) atoms. The monoisotopic (exact) mass is 331 g/mol. The van der Waals surface area contributed by atoms with Gasteiger partial charge in [0.05, 0.1) is 18.5 Å². The molecular formula is C14H22FN3O3S. The van der Waals surface area contributed by atoms with Crippen molar-refractivity contribution < 1.29 is 17.5 Å². The molecular weight excluding hydrogens is 309 g/mol. The summed E-state index contributed by atoms with van der Waals surface area (Å²) < 4.78 is 44.9. The van der Waals surface area contributed by atoms with E-state index in [2.05, 4.69) is 4.98 Å². The first-order chi connectivity index (χ1) is 10.4. The Hall–Kier alpha value is -1.25. The van der Waals surface area contributed by atoms with Crippen LogP contribution in [0.25, 0.3) is 0 Å². The van der Waals surface area contributed by atoms with Crippen molar-refractivity contribution in [2.45, 2.75) is 20.0 Å². The molecule has 0 aliphatic carbocycles. The van der Waals surface area contributed by atoms with Crippen molar-refractivity contribution in [3.8, 4) is 0 Å². The lowest BCUT2D eigenvalue weighted by atomic mass is 10.3. The molecule has 6 nitrogen and oxygen atoms in total. The minimum atomic E-state index is -3.33. The van der Waals surface area contributed by atoms with Crippen LogP contribution in [0.1, 0.15) is 13.8 Å². The van der Waals surface area contributed by atoms with Gasteiger partial charge in [-0.1, -0.05) is 0 Å². The maximum absolute atomic E-state index is 13.7. The number of ether oxygens (including phenoxy) is 1. The van der Waals surface area contributed by atoms with Gasteiger partial charge < -0.3 is 9.64 Å². The molecule has 1 aromatic rings. The van der Waals surface area contributed by atoms with E-state index in [-0.39, 0.29) is 30.1 Å². The molecule has 1 fully saturated rings. The summed E-state index contributed by atoms with van der Waals surface area (Å²) in [6.07, 6.45) is 1.55. The van der Waals surface area contributed by atoms with Crippen LogP contribution in [0.15, 0.2) is 18.3 Å². The van der Waals surface area contributed by atoms with Crippen molar-refractivity contribution in [2.24, 2.45) is 0 Å². The molecule has 8 heteroatoms. The van der Waals surface area contributed by atoms with Crippen molar-refractivity contribution in [1.82, 2.24) is 9.29 Å². The highest BCUT2D eigenvalue weighted by atomic mass is 32.2. The van der Waals surface area contributed by atoms with Crippen LogP contribution < -0.4 is 4.90 Å². The lowest BCUT2D eigenvalue weighted by Crippen LogP contribution is -2.50. The van der Waals surface area contributed by atoms with E-state index in [1.165, 1.54) is 22.6 Å². The summed E-state index contributed by atoms with van der Waals surface area (Å²) in [5.74, 6) is -0.129. The van der Waals surface area contributed by atoms with Gasteiger partial charge in [0.25, 0.3) is 0 Å². The van der Waals surface area contributed by atoms with Gasteiger partial charge in [-0.25, -0.2) is 17.8 Å². The first-order valence-electron chi connectivity index (χ1n) is 7.35. The quantitative estimate of drug-likeness (QED) is 0.781. The number of anilines is 1. The van der Waals surface area contributed by atoms with Crippen molar-refractivity contribution >= 4 is 15.8 Å². The van der Waals surface area contributed by atoms with Gasteiger partial charge in [0, 0.05) is 32.4 Å². The third kappa shape index (κ3) is 4.37. The molecule has 1 saturated heterocycles. The van der Waals surface area contributed by atoms with Gasteiger partial charge in [0.2, 0.25) is 10.0 Å². The smallest absolute Gasteiger partial charge is 0.216 e. The molecule has 1 aliphatic rings. The molecule has 0 aromatic carbocycles. The maximum Gasteiger partial charge on any atom is 0.216 e. The number of pyridine rings is 1. The summed E-state index contributed by atoms with van der Waals surface area (Å²) in [4.78, 5) is 5.79. The minimum Gasteiger partial charge on any atom is -0.378 e. The molecule has 0 bridgehead atoms. The number of piperazine rings is 1. The average molecular weight is 331 g/mol. The molecule has 2 heterocycles. The Morgan fingerprint density at radius 1 is 1.32 bits per heavy atom. The van der Waals surface area contributed by atoms with Gasteiger partial charge in [-0.05, 0) is 26.0 Å². The Morgan fingerprint density at radius 2 is 2.00 bits per heavy atom. The summed E-state index contributed by atoms with van der Waals surface area (Å²) in [5.41, 5.74) is 0. The van der Waals surface area contributed by atoms with Crippen LogP contribution in [-0.2, 0) is 14.8 Å². The van der Waals surface area contributed by atoms with Gasteiger partial charge in [-0.2, -0.15) is 4.31 Å². The normalized spacial score (nSPS) is 17.2. The molecule has 1 aliphatic heterocycles. The van der Waals surface area contributed by atoms with Crippen LogP contribution in [0.5, 0.6) is 0 Å². The standard InChI is InChI=1S/C14H22FN3O3S/c1-12(2)21-10-11-22(19,20)18-8-6-17(7-9-18)14-13(15)4-3-5-16-14/h3-5,12H,6-11H2,1-2H3. The zero-order chi connectivity index (χ0) is 16.2. The van der Waals surface area contributed by atoms with Crippen LogP contribution in [0.3, 0.4) is 0 Å². The van der Waals surface area contributed by atoms with E-state index in [9.17, 15) is 12.8 Å². The van der Waals surface area contributed by atoms with E-state index in [4.69, 9.17) is 4.74 Å². The predicted octanol–water partition coefficient (Wildman–Crippen LogP) is 1.10.